The number of halogens is 2. The SMILES string of the molecule is CC(=O)O.Cl.Cl.NC1CC1. The molecule has 5 heteroatoms. The van der Waals surface area contributed by atoms with E-state index < -0.39 is 5.97 Å². The van der Waals surface area contributed by atoms with Gasteiger partial charge in [-0.15, -0.1) is 24.8 Å². The van der Waals surface area contributed by atoms with Crippen LogP contribution in [0.3, 0.4) is 0 Å². The first kappa shape index (κ1) is 16.5. The smallest absolute Gasteiger partial charge is 0.300 e. The number of rotatable bonds is 0. The van der Waals surface area contributed by atoms with Crippen LogP contribution in [0.1, 0.15) is 19.8 Å². The molecule has 0 unspecified atom stereocenters. The van der Waals surface area contributed by atoms with Crippen molar-refractivity contribution in [2.75, 3.05) is 0 Å². The highest BCUT2D eigenvalue weighted by Crippen LogP contribution is 2.13. The van der Waals surface area contributed by atoms with Crippen molar-refractivity contribution in [3.63, 3.8) is 0 Å². The van der Waals surface area contributed by atoms with Gasteiger partial charge in [-0.1, -0.05) is 0 Å². The zero-order valence-electron chi connectivity index (χ0n) is 5.74. The van der Waals surface area contributed by atoms with Crippen LogP contribution in [0.25, 0.3) is 0 Å². The molecule has 0 heterocycles. The lowest BCUT2D eigenvalue weighted by Gasteiger charge is -1.59. The van der Waals surface area contributed by atoms with E-state index in [1.807, 2.05) is 0 Å². The molecule has 0 saturated heterocycles. The minimum Gasteiger partial charge on any atom is -0.481 e. The molecule has 3 nitrogen and oxygen atoms in total. The molecule has 64 valence electrons. The number of carbonyl (C=O) groups is 1. The predicted octanol–water partition coefficient (Wildman–Crippen LogP) is 1.04. The minimum absolute atomic E-state index is 0. The molecule has 0 atom stereocenters. The van der Waals surface area contributed by atoms with Crippen molar-refractivity contribution in [2.24, 2.45) is 5.73 Å². The van der Waals surface area contributed by atoms with Gasteiger partial charge in [0.2, 0.25) is 0 Å². The Labute approximate surface area is 72.8 Å². The number of carboxylic acids is 1. The van der Waals surface area contributed by atoms with Gasteiger partial charge in [0.25, 0.3) is 5.97 Å². The number of carboxylic acid groups (broad SMARTS) is 1. The quantitative estimate of drug-likeness (QED) is 0.599. The average molecular weight is 190 g/mol. The largest absolute Gasteiger partial charge is 0.481 e. The summed E-state index contributed by atoms with van der Waals surface area (Å²) >= 11 is 0. The molecule has 0 bridgehead atoms. The molecule has 0 aromatic heterocycles. The van der Waals surface area contributed by atoms with Crippen LogP contribution in [0, 0.1) is 0 Å². The highest BCUT2D eigenvalue weighted by atomic mass is 35.5. The van der Waals surface area contributed by atoms with E-state index in [1.54, 1.807) is 0 Å². The third kappa shape index (κ3) is 43.4. The first-order valence-corrected chi connectivity index (χ1v) is 2.58. The lowest BCUT2D eigenvalue weighted by Crippen LogP contribution is -1.94. The third-order valence-corrected chi connectivity index (χ3v) is 0.622. The van der Waals surface area contributed by atoms with Gasteiger partial charge < -0.3 is 10.8 Å². The Balaban J connectivity index is -0.0000000817. The van der Waals surface area contributed by atoms with Crippen LogP contribution in [0.15, 0.2) is 0 Å². The Kier molecular flexibility index (Phi) is 14.9. The number of hydrogen-bond donors (Lipinski definition) is 2. The molecule has 0 radical (unpaired) electrons. The van der Waals surface area contributed by atoms with E-state index in [-0.39, 0.29) is 24.8 Å². The van der Waals surface area contributed by atoms with Crippen LogP contribution in [0.2, 0.25) is 0 Å². The Morgan fingerprint density at radius 3 is 1.60 bits per heavy atom. The van der Waals surface area contributed by atoms with Crippen molar-refractivity contribution in [1.29, 1.82) is 0 Å². The minimum atomic E-state index is -0.833. The molecule has 1 aliphatic rings. The molecular formula is C5H13Cl2NO2. The first-order chi connectivity index (χ1) is 3.63. The number of aliphatic carboxylic acids is 1. The highest BCUT2D eigenvalue weighted by Gasteiger charge is 2.13. The fraction of sp³-hybridized carbons (Fsp3) is 0.800. The molecule has 1 rings (SSSR count). The summed E-state index contributed by atoms with van der Waals surface area (Å²) in [5.74, 6) is -0.833. The van der Waals surface area contributed by atoms with Gasteiger partial charge in [0, 0.05) is 13.0 Å². The second-order valence-corrected chi connectivity index (χ2v) is 1.86. The standard InChI is InChI=1S/C3H7N.C2H4O2.2ClH/c4-3-1-2-3;1-2(3)4;;/h3H,1-2,4H2;1H3,(H,3,4);2*1H. The summed E-state index contributed by atoms with van der Waals surface area (Å²) in [6.45, 7) is 1.08. The molecule has 0 amide bonds. The fourth-order valence-corrected chi connectivity index (χ4v) is 0.0962. The van der Waals surface area contributed by atoms with E-state index in [1.165, 1.54) is 12.8 Å². The molecule has 1 fully saturated rings. The predicted molar refractivity (Wildman–Crippen MR) is 45.0 cm³/mol. The first-order valence-electron chi connectivity index (χ1n) is 2.58. The maximum absolute atomic E-state index is 9.00. The summed E-state index contributed by atoms with van der Waals surface area (Å²) in [5.41, 5.74) is 5.22. The molecule has 3 N–H and O–H groups in total. The summed E-state index contributed by atoms with van der Waals surface area (Å²) < 4.78 is 0. The molecule has 0 aromatic rings. The van der Waals surface area contributed by atoms with Crippen LogP contribution >= 0.6 is 24.8 Å². The summed E-state index contributed by atoms with van der Waals surface area (Å²) in [6.07, 6.45) is 2.53. The van der Waals surface area contributed by atoms with Gasteiger partial charge in [-0.2, -0.15) is 0 Å². The lowest BCUT2D eigenvalue weighted by molar-refractivity contribution is -0.134. The van der Waals surface area contributed by atoms with Gasteiger partial charge in [0.15, 0.2) is 0 Å². The van der Waals surface area contributed by atoms with E-state index >= 15 is 0 Å². The molecule has 10 heavy (non-hydrogen) atoms. The van der Waals surface area contributed by atoms with Gasteiger partial charge in [0.05, 0.1) is 0 Å². The second-order valence-electron chi connectivity index (χ2n) is 1.86. The summed E-state index contributed by atoms with van der Waals surface area (Å²) in [7, 11) is 0. The number of hydrogen-bond acceptors (Lipinski definition) is 2. The van der Waals surface area contributed by atoms with Crippen LogP contribution in [0.4, 0.5) is 0 Å². The van der Waals surface area contributed by atoms with Crippen molar-refractivity contribution in [2.45, 2.75) is 25.8 Å². The van der Waals surface area contributed by atoms with Gasteiger partial charge in [0.1, 0.15) is 0 Å². The normalized spacial score (nSPS) is 13.0. The molecular weight excluding hydrogens is 177 g/mol. The summed E-state index contributed by atoms with van der Waals surface area (Å²) in [4.78, 5) is 9.00. The lowest BCUT2D eigenvalue weighted by atomic mass is 10.8. The van der Waals surface area contributed by atoms with Gasteiger partial charge >= 0.3 is 0 Å². The Morgan fingerprint density at radius 2 is 1.60 bits per heavy atom. The van der Waals surface area contributed by atoms with E-state index in [4.69, 9.17) is 15.6 Å². The topological polar surface area (TPSA) is 63.3 Å². The summed E-state index contributed by atoms with van der Waals surface area (Å²) in [6, 6.07) is 0.583. The van der Waals surface area contributed by atoms with Crippen LogP contribution in [0.5, 0.6) is 0 Å². The second kappa shape index (κ2) is 9.01. The fourth-order valence-electron chi connectivity index (χ4n) is 0.0962. The zero-order valence-corrected chi connectivity index (χ0v) is 7.37. The molecule has 0 aliphatic heterocycles. The molecule has 0 spiro atoms. The van der Waals surface area contributed by atoms with Gasteiger partial charge in [-0.05, 0) is 12.8 Å². The zero-order chi connectivity index (χ0) is 6.57. The van der Waals surface area contributed by atoms with E-state index in [2.05, 4.69) is 0 Å². The van der Waals surface area contributed by atoms with E-state index in [9.17, 15) is 0 Å². The van der Waals surface area contributed by atoms with Crippen molar-refractivity contribution in [3.8, 4) is 0 Å². The Hall–Kier alpha value is 0.01000. The van der Waals surface area contributed by atoms with Crippen LogP contribution in [-0.2, 0) is 4.79 Å². The molecule has 1 aliphatic carbocycles. The van der Waals surface area contributed by atoms with E-state index in [0.29, 0.717) is 6.04 Å². The van der Waals surface area contributed by atoms with Crippen molar-refractivity contribution in [3.05, 3.63) is 0 Å². The Bertz CT molecular complexity index is 81.7. The monoisotopic (exact) mass is 189 g/mol. The van der Waals surface area contributed by atoms with Crippen molar-refractivity contribution >= 4 is 30.8 Å². The molecule has 1 saturated carbocycles. The van der Waals surface area contributed by atoms with Crippen LogP contribution in [-0.4, -0.2) is 17.1 Å². The number of nitrogens with two attached hydrogens (primary N) is 1. The summed E-state index contributed by atoms with van der Waals surface area (Å²) in [5, 5.41) is 7.42. The molecule has 0 aromatic carbocycles. The average Bonchev–Trinajstić information content (AvgIpc) is 2.19. The Morgan fingerprint density at radius 1 is 1.50 bits per heavy atom. The maximum Gasteiger partial charge on any atom is 0.300 e. The third-order valence-electron chi connectivity index (χ3n) is 0.622. The van der Waals surface area contributed by atoms with Crippen molar-refractivity contribution in [1.82, 2.24) is 0 Å². The van der Waals surface area contributed by atoms with Crippen molar-refractivity contribution < 1.29 is 9.90 Å². The highest BCUT2D eigenvalue weighted by molar-refractivity contribution is 5.85. The van der Waals surface area contributed by atoms with E-state index in [0.717, 1.165) is 6.92 Å². The van der Waals surface area contributed by atoms with Crippen LogP contribution < -0.4 is 5.73 Å². The van der Waals surface area contributed by atoms with Gasteiger partial charge in [-0.25, -0.2) is 0 Å². The van der Waals surface area contributed by atoms with Gasteiger partial charge in [-0.3, -0.25) is 4.79 Å². The maximum atomic E-state index is 9.00.